The fourth-order valence-electron chi connectivity index (χ4n) is 2.70. The van der Waals surface area contributed by atoms with E-state index in [1.807, 2.05) is 72.5 Å². The first-order valence-electron chi connectivity index (χ1n) is 8.46. The third-order valence-corrected chi connectivity index (χ3v) is 4.76. The molecular formula is C22H16N4S. The summed E-state index contributed by atoms with van der Waals surface area (Å²) in [5.41, 5.74) is 7.03. The zero-order chi connectivity index (χ0) is 18.3. The monoisotopic (exact) mass is 368 g/mol. The minimum Gasteiger partial charge on any atom is -0.264 e. The molecule has 0 fully saturated rings. The van der Waals surface area contributed by atoms with E-state index in [1.54, 1.807) is 29.9 Å². The summed E-state index contributed by atoms with van der Waals surface area (Å²) in [6, 6.07) is 20.0. The van der Waals surface area contributed by atoms with E-state index >= 15 is 0 Å². The number of thiazole rings is 1. The molecule has 0 aliphatic rings. The quantitative estimate of drug-likeness (QED) is 0.413. The van der Waals surface area contributed by atoms with Crippen LogP contribution in [0.15, 0.2) is 97.2 Å². The molecule has 27 heavy (non-hydrogen) atoms. The van der Waals surface area contributed by atoms with E-state index in [1.165, 1.54) is 4.70 Å². The Morgan fingerprint density at radius 1 is 0.630 bits per heavy atom. The molecule has 0 atom stereocenters. The van der Waals surface area contributed by atoms with Gasteiger partial charge in [0, 0.05) is 47.7 Å². The summed E-state index contributed by atoms with van der Waals surface area (Å²) in [5, 5.41) is 0. The maximum atomic E-state index is 4.46. The lowest BCUT2D eigenvalue weighted by molar-refractivity contribution is 1.27. The van der Waals surface area contributed by atoms with Crippen LogP contribution in [0.3, 0.4) is 0 Å². The topological polar surface area (TPSA) is 51.6 Å². The number of aromatic nitrogens is 4. The van der Waals surface area contributed by atoms with Crippen LogP contribution in [0.5, 0.6) is 0 Å². The van der Waals surface area contributed by atoms with Gasteiger partial charge in [-0.25, -0.2) is 4.98 Å². The first kappa shape index (κ1) is 17.0. The van der Waals surface area contributed by atoms with Gasteiger partial charge in [-0.3, -0.25) is 15.0 Å². The first-order chi connectivity index (χ1) is 13.4. The molecular weight excluding hydrogens is 352 g/mol. The van der Waals surface area contributed by atoms with E-state index in [0.717, 1.165) is 27.9 Å². The lowest BCUT2D eigenvalue weighted by Gasteiger charge is -2.07. The molecule has 4 aromatic heterocycles. The molecule has 4 heterocycles. The van der Waals surface area contributed by atoms with Gasteiger partial charge in [0.2, 0.25) is 0 Å². The lowest BCUT2D eigenvalue weighted by Crippen LogP contribution is -1.89. The van der Waals surface area contributed by atoms with Crippen LogP contribution in [-0.2, 0) is 0 Å². The number of hydrogen-bond donors (Lipinski definition) is 0. The molecule has 130 valence electrons. The van der Waals surface area contributed by atoms with Crippen molar-refractivity contribution < 1.29 is 0 Å². The van der Waals surface area contributed by atoms with E-state index in [2.05, 4.69) is 26.0 Å². The molecule has 0 aliphatic heterocycles. The van der Waals surface area contributed by atoms with Crippen molar-refractivity contribution in [2.75, 3.05) is 0 Å². The van der Waals surface area contributed by atoms with Crippen LogP contribution >= 0.6 is 11.3 Å². The van der Waals surface area contributed by atoms with Crippen LogP contribution in [0, 0.1) is 0 Å². The van der Waals surface area contributed by atoms with Crippen molar-refractivity contribution in [2.45, 2.75) is 0 Å². The third kappa shape index (κ3) is 4.04. The minimum atomic E-state index is 0.929. The summed E-state index contributed by atoms with van der Waals surface area (Å²) in [5.74, 6) is 0. The zero-order valence-corrected chi connectivity index (χ0v) is 15.3. The van der Waals surface area contributed by atoms with Gasteiger partial charge in [0.25, 0.3) is 0 Å². The van der Waals surface area contributed by atoms with Crippen molar-refractivity contribution in [1.29, 1.82) is 0 Å². The van der Waals surface area contributed by atoms with Crippen molar-refractivity contribution in [1.82, 2.24) is 19.9 Å². The lowest BCUT2D eigenvalue weighted by atomic mass is 10.0. The van der Waals surface area contributed by atoms with Crippen molar-refractivity contribution in [3.05, 3.63) is 97.2 Å². The van der Waals surface area contributed by atoms with Gasteiger partial charge in [-0.1, -0.05) is 24.3 Å². The minimum absolute atomic E-state index is 0.929. The van der Waals surface area contributed by atoms with E-state index in [9.17, 15) is 0 Å². The Bertz CT molecular complexity index is 1040. The second-order valence-corrected chi connectivity index (χ2v) is 6.59. The van der Waals surface area contributed by atoms with Crippen molar-refractivity contribution in [3.8, 4) is 22.4 Å². The van der Waals surface area contributed by atoms with Crippen LogP contribution in [0.2, 0.25) is 0 Å². The standard InChI is InChI=1S/C15H11N3.C7H5NS/c1-4-12(10-16-7-1)14-6-3-9-18-15(14)13-5-2-8-17-11-13;1-2-4-7-6(3-1)8-5-9-7/h1-11H;1-5H. The highest BCUT2D eigenvalue weighted by Crippen LogP contribution is 2.28. The zero-order valence-electron chi connectivity index (χ0n) is 14.4. The fourth-order valence-corrected chi connectivity index (χ4v) is 3.38. The number of nitrogens with zero attached hydrogens (tertiary/aromatic N) is 4. The largest absolute Gasteiger partial charge is 0.264 e. The smallest absolute Gasteiger partial charge is 0.0812 e. The molecule has 5 rings (SSSR count). The maximum absolute atomic E-state index is 4.46. The maximum Gasteiger partial charge on any atom is 0.0812 e. The summed E-state index contributed by atoms with van der Waals surface area (Å²) in [4.78, 5) is 16.9. The summed E-state index contributed by atoms with van der Waals surface area (Å²) >= 11 is 1.68. The van der Waals surface area contributed by atoms with Gasteiger partial charge >= 0.3 is 0 Å². The number of para-hydroxylation sites is 1. The van der Waals surface area contributed by atoms with Gasteiger partial charge in [-0.05, 0) is 36.4 Å². The molecule has 5 aromatic rings. The highest BCUT2D eigenvalue weighted by atomic mass is 32.1. The van der Waals surface area contributed by atoms with Crippen molar-refractivity contribution in [3.63, 3.8) is 0 Å². The Hall–Kier alpha value is -3.44. The number of benzene rings is 1. The Kier molecular flexibility index (Phi) is 5.22. The number of rotatable bonds is 2. The molecule has 0 saturated heterocycles. The van der Waals surface area contributed by atoms with Crippen LogP contribution in [0.1, 0.15) is 0 Å². The van der Waals surface area contributed by atoms with Crippen LogP contribution < -0.4 is 0 Å². The van der Waals surface area contributed by atoms with E-state index in [-0.39, 0.29) is 0 Å². The van der Waals surface area contributed by atoms with E-state index < -0.39 is 0 Å². The van der Waals surface area contributed by atoms with Crippen molar-refractivity contribution >= 4 is 21.6 Å². The Morgan fingerprint density at radius 2 is 1.37 bits per heavy atom. The fraction of sp³-hybridized carbons (Fsp3) is 0. The highest BCUT2D eigenvalue weighted by molar-refractivity contribution is 7.16. The number of hydrogen-bond acceptors (Lipinski definition) is 5. The average molecular weight is 368 g/mol. The summed E-state index contributed by atoms with van der Waals surface area (Å²) in [6.45, 7) is 0. The van der Waals surface area contributed by atoms with Gasteiger partial charge in [0.15, 0.2) is 0 Å². The van der Waals surface area contributed by atoms with Gasteiger partial charge in [0.05, 0.1) is 21.4 Å². The van der Waals surface area contributed by atoms with E-state index in [0.29, 0.717) is 0 Å². The molecule has 0 saturated carbocycles. The summed E-state index contributed by atoms with van der Waals surface area (Å²) < 4.78 is 1.26. The second-order valence-electron chi connectivity index (χ2n) is 5.70. The normalized spacial score (nSPS) is 10.2. The molecule has 0 aliphatic carbocycles. The molecule has 0 radical (unpaired) electrons. The van der Waals surface area contributed by atoms with Gasteiger partial charge in [-0.2, -0.15) is 0 Å². The molecule has 0 amide bonds. The van der Waals surface area contributed by atoms with Crippen LogP contribution in [-0.4, -0.2) is 19.9 Å². The van der Waals surface area contributed by atoms with Crippen LogP contribution in [0.4, 0.5) is 0 Å². The highest BCUT2D eigenvalue weighted by Gasteiger charge is 2.07. The Balaban J connectivity index is 0.000000167. The number of fused-ring (bicyclic) bond motifs is 1. The Labute approximate surface area is 161 Å². The molecule has 4 nitrogen and oxygen atoms in total. The third-order valence-electron chi connectivity index (χ3n) is 3.95. The molecule has 0 spiro atoms. The van der Waals surface area contributed by atoms with Gasteiger partial charge < -0.3 is 0 Å². The molecule has 1 aromatic carbocycles. The van der Waals surface area contributed by atoms with Gasteiger partial charge in [0.1, 0.15) is 0 Å². The first-order valence-corrected chi connectivity index (χ1v) is 9.34. The predicted octanol–water partition coefficient (Wildman–Crippen LogP) is 5.50. The van der Waals surface area contributed by atoms with Gasteiger partial charge in [-0.15, -0.1) is 11.3 Å². The summed E-state index contributed by atoms with van der Waals surface area (Å²) in [7, 11) is 0. The second kappa shape index (κ2) is 8.29. The van der Waals surface area contributed by atoms with Crippen molar-refractivity contribution in [2.24, 2.45) is 0 Å². The Morgan fingerprint density at radius 3 is 2.11 bits per heavy atom. The average Bonchev–Trinajstić information content (AvgIpc) is 3.24. The molecule has 0 bridgehead atoms. The number of pyridine rings is 3. The molecule has 0 N–H and O–H groups in total. The molecule has 0 unspecified atom stereocenters. The molecule has 5 heteroatoms. The SMILES string of the molecule is c1ccc2scnc2c1.c1cncc(-c2cccnc2-c2cccnc2)c1. The predicted molar refractivity (Wildman–Crippen MR) is 110 cm³/mol. The summed E-state index contributed by atoms with van der Waals surface area (Å²) in [6.07, 6.45) is 8.99. The van der Waals surface area contributed by atoms with E-state index in [4.69, 9.17) is 0 Å². The van der Waals surface area contributed by atoms with Crippen LogP contribution in [0.25, 0.3) is 32.6 Å².